The molecule has 3 nitrogen and oxygen atoms in total. The highest BCUT2D eigenvalue weighted by atomic mass is 79.9. The number of amides is 1. The van der Waals surface area contributed by atoms with E-state index in [-0.39, 0.29) is 5.69 Å². The number of anilines is 1. The number of hydrogen-bond acceptors (Lipinski definition) is 1. The number of fused-ring (bicyclic) bond motifs is 2. The van der Waals surface area contributed by atoms with Gasteiger partial charge < -0.3 is 9.88 Å². The molecule has 160 valence electrons. The van der Waals surface area contributed by atoms with Gasteiger partial charge in [0.1, 0.15) is 0 Å². The molecule has 0 saturated carbocycles. The Balaban J connectivity index is 1.61. The molecule has 2 heterocycles. The normalized spacial score (nSPS) is 14.8. The van der Waals surface area contributed by atoms with Crippen molar-refractivity contribution in [3.63, 3.8) is 0 Å². The maximum atomic E-state index is 13.1. The van der Waals surface area contributed by atoms with Crippen LogP contribution in [0.1, 0.15) is 22.3 Å². The Morgan fingerprint density at radius 2 is 1.78 bits per heavy atom. The zero-order valence-electron chi connectivity index (χ0n) is 16.6. The number of carbonyl (C=O) groups excluding carboxylic acids is 1. The number of alkyl halides is 3. The summed E-state index contributed by atoms with van der Waals surface area (Å²) >= 11 is 3.50. The van der Waals surface area contributed by atoms with E-state index >= 15 is 0 Å². The van der Waals surface area contributed by atoms with Gasteiger partial charge in [-0.2, -0.15) is 13.2 Å². The first-order chi connectivity index (χ1) is 15.3. The molecule has 0 fully saturated rings. The zero-order valence-corrected chi connectivity index (χ0v) is 18.2. The summed E-state index contributed by atoms with van der Waals surface area (Å²) in [7, 11) is 0. The fourth-order valence-corrected chi connectivity index (χ4v) is 4.35. The molecule has 0 spiro atoms. The van der Waals surface area contributed by atoms with Crippen molar-refractivity contribution in [2.75, 3.05) is 5.32 Å². The number of benzene rings is 3. The Morgan fingerprint density at radius 3 is 2.53 bits per heavy atom. The van der Waals surface area contributed by atoms with Gasteiger partial charge in [-0.25, -0.2) is 0 Å². The minimum Gasteiger partial charge on any atom is -0.342 e. The van der Waals surface area contributed by atoms with Crippen LogP contribution in [0.15, 0.2) is 77.4 Å². The van der Waals surface area contributed by atoms with E-state index in [2.05, 4.69) is 25.8 Å². The van der Waals surface area contributed by atoms with Crippen molar-refractivity contribution in [2.45, 2.75) is 12.7 Å². The van der Waals surface area contributed by atoms with Crippen LogP contribution in [0.5, 0.6) is 0 Å². The lowest BCUT2D eigenvalue weighted by Crippen LogP contribution is -2.06. The summed E-state index contributed by atoms with van der Waals surface area (Å²) in [4.78, 5) is 12.6. The number of carbonyl (C=O) groups is 1. The fourth-order valence-electron chi connectivity index (χ4n) is 3.99. The van der Waals surface area contributed by atoms with Crippen molar-refractivity contribution in [1.82, 2.24) is 4.57 Å². The molecule has 1 amide bonds. The average molecular weight is 497 g/mol. The minimum atomic E-state index is -4.47. The highest BCUT2D eigenvalue weighted by Crippen LogP contribution is 2.39. The highest BCUT2D eigenvalue weighted by Gasteiger charge is 2.33. The molecule has 0 unspecified atom stereocenters. The third kappa shape index (κ3) is 3.73. The van der Waals surface area contributed by atoms with Gasteiger partial charge in [-0.1, -0.05) is 52.3 Å². The quantitative estimate of drug-likeness (QED) is 0.305. The van der Waals surface area contributed by atoms with Crippen LogP contribution >= 0.6 is 15.9 Å². The van der Waals surface area contributed by atoms with Crippen LogP contribution in [-0.2, 0) is 17.5 Å². The van der Waals surface area contributed by atoms with E-state index < -0.39 is 17.6 Å². The van der Waals surface area contributed by atoms with Crippen LogP contribution < -0.4 is 5.32 Å². The number of nitrogens with zero attached hydrogens (tertiary/aromatic N) is 1. The van der Waals surface area contributed by atoms with Crippen molar-refractivity contribution >= 4 is 50.1 Å². The van der Waals surface area contributed by atoms with Gasteiger partial charge in [0.05, 0.1) is 5.56 Å². The molecule has 4 aromatic rings. The van der Waals surface area contributed by atoms with Crippen LogP contribution in [-0.4, -0.2) is 10.5 Å². The predicted molar refractivity (Wildman–Crippen MR) is 123 cm³/mol. The predicted octanol–water partition coefficient (Wildman–Crippen LogP) is 6.96. The Hall–Kier alpha value is -3.32. The van der Waals surface area contributed by atoms with Crippen molar-refractivity contribution in [3.8, 4) is 0 Å². The molecule has 0 saturated heterocycles. The Kier molecular flexibility index (Phi) is 4.93. The van der Waals surface area contributed by atoms with Crippen LogP contribution in [0.3, 0.4) is 0 Å². The van der Waals surface area contributed by atoms with Crippen LogP contribution in [0.4, 0.5) is 18.9 Å². The van der Waals surface area contributed by atoms with Crippen molar-refractivity contribution in [1.29, 1.82) is 0 Å². The molecule has 1 aliphatic rings. The SMILES string of the molecule is O=C1Nc2cc(C(F)(F)F)ccc2/C1=C\c1cn(Cc2ccccc2)c2ccc(Br)cc12. The van der Waals surface area contributed by atoms with E-state index in [0.29, 0.717) is 17.7 Å². The summed E-state index contributed by atoms with van der Waals surface area (Å²) < 4.78 is 42.2. The standard InChI is InChI=1S/C25H16BrF3N2O/c26-18-7-9-23-20(12-18)16(14-31(23)13-15-4-2-1-3-5-15)10-21-19-8-6-17(25(27,28)29)11-22(19)30-24(21)32/h1-12,14H,13H2,(H,30,32)/b21-10+. The molecule has 3 aromatic carbocycles. The first kappa shape index (κ1) is 20.6. The van der Waals surface area contributed by atoms with Crippen LogP contribution in [0, 0.1) is 0 Å². The molecule has 0 radical (unpaired) electrons. The second-order valence-corrected chi connectivity index (χ2v) is 8.55. The third-order valence-corrected chi connectivity index (χ3v) is 5.99. The molecule has 1 N–H and O–H groups in total. The van der Waals surface area contributed by atoms with Crippen molar-refractivity contribution in [3.05, 3.63) is 99.7 Å². The van der Waals surface area contributed by atoms with Gasteiger partial charge in [-0.3, -0.25) is 4.79 Å². The summed E-state index contributed by atoms with van der Waals surface area (Å²) in [5.74, 6) is -0.418. The van der Waals surface area contributed by atoms with E-state index in [9.17, 15) is 18.0 Å². The topological polar surface area (TPSA) is 34.0 Å². The number of halogens is 4. The smallest absolute Gasteiger partial charge is 0.342 e. The first-order valence-corrected chi connectivity index (χ1v) is 10.7. The molecule has 7 heteroatoms. The molecule has 1 aliphatic heterocycles. The Bertz CT molecular complexity index is 1390. The molecular weight excluding hydrogens is 481 g/mol. The van der Waals surface area contributed by atoms with Gasteiger partial charge in [0, 0.05) is 50.5 Å². The van der Waals surface area contributed by atoms with Gasteiger partial charge in [0.15, 0.2) is 0 Å². The molecule has 0 bridgehead atoms. The van der Waals surface area contributed by atoms with Gasteiger partial charge >= 0.3 is 6.18 Å². The lowest BCUT2D eigenvalue weighted by Gasteiger charge is -2.08. The van der Waals surface area contributed by atoms with Crippen molar-refractivity contribution < 1.29 is 18.0 Å². The summed E-state index contributed by atoms with van der Waals surface area (Å²) in [6.07, 6.45) is -0.763. The maximum Gasteiger partial charge on any atom is 0.416 e. The van der Waals surface area contributed by atoms with E-state index in [1.807, 2.05) is 54.7 Å². The van der Waals surface area contributed by atoms with Gasteiger partial charge in [-0.05, 0) is 42.0 Å². The second-order valence-electron chi connectivity index (χ2n) is 7.63. The largest absolute Gasteiger partial charge is 0.416 e. The summed E-state index contributed by atoms with van der Waals surface area (Å²) in [6, 6.07) is 19.3. The molecule has 0 aliphatic carbocycles. The first-order valence-electron chi connectivity index (χ1n) is 9.86. The monoisotopic (exact) mass is 496 g/mol. The third-order valence-electron chi connectivity index (χ3n) is 5.50. The summed E-state index contributed by atoms with van der Waals surface area (Å²) in [5, 5.41) is 3.50. The molecular formula is C25H16BrF3N2O. The minimum absolute atomic E-state index is 0.172. The number of hydrogen-bond donors (Lipinski definition) is 1. The lowest BCUT2D eigenvalue weighted by atomic mass is 10.0. The highest BCUT2D eigenvalue weighted by molar-refractivity contribution is 9.10. The number of rotatable bonds is 3. The Labute approximate surface area is 190 Å². The average Bonchev–Trinajstić information content (AvgIpc) is 3.24. The number of aromatic nitrogens is 1. The van der Waals surface area contributed by atoms with E-state index in [1.165, 1.54) is 6.07 Å². The van der Waals surface area contributed by atoms with Crippen LogP contribution in [0.25, 0.3) is 22.6 Å². The van der Waals surface area contributed by atoms with Gasteiger partial charge in [-0.15, -0.1) is 0 Å². The lowest BCUT2D eigenvalue weighted by molar-refractivity contribution is -0.137. The van der Waals surface area contributed by atoms with E-state index in [0.717, 1.165) is 38.6 Å². The maximum absolute atomic E-state index is 13.1. The molecule has 0 atom stereocenters. The molecule has 5 rings (SSSR count). The second kappa shape index (κ2) is 7.67. The number of nitrogens with one attached hydrogen (secondary N) is 1. The Morgan fingerprint density at radius 1 is 1.00 bits per heavy atom. The van der Waals surface area contributed by atoms with Gasteiger partial charge in [0.2, 0.25) is 0 Å². The molecule has 1 aromatic heterocycles. The van der Waals surface area contributed by atoms with Crippen LogP contribution in [0.2, 0.25) is 0 Å². The zero-order chi connectivity index (χ0) is 22.5. The summed E-state index contributed by atoms with van der Waals surface area (Å²) in [5.41, 5.74) is 3.13. The fraction of sp³-hybridized carbons (Fsp3) is 0.0800. The molecule has 32 heavy (non-hydrogen) atoms. The van der Waals surface area contributed by atoms with Crippen molar-refractivity contribution in [2.24, 2.45) is 0 Å². The summed E-state index contributed by atoms with van der Waals surface area (Å²) in [6.45, 7) is 0.653. The van der Waals surface area contributed by atoms with Gasteiger partial charge in [0.25, 0.3) is 5.91 Å². The van der Waals surface area contributed by atoms with E-state index in [1.54, 1.807) is 6.08 Å². The van der Waals surface area contributed by atoms with E-state index in [4.69, 9.17) is 0 Å².